The quantitative estimate of drug-likeness (QED) is 0.760. The fraction of sp³-hybridized carbons (Fsp3) is 0.522. The molecule has 8 heteroatoms. The number of rotatable bonds is 2. The molecule has 2 aliphatic rings. The predicted octanol–water partition coefficient (Wildman–Crippen LogP) is 4.36. The normalized spacial score (nSPS) is 20.9. The van der Waals surface area contributed by atoms with Crippen LogP contribution >= 0.6 is 0 Å². The zero-order valence-corrected chi connectivity index (χ0v) is 18.9. The van der Waals surface area contributed by atoms with Gasteiger partial charge in [0.05, 0.1) is 25.3 Å². The summed E-state index contributed by atoms with van der Waals surface area (Å²) in [5.74, 6) is 0. The third-order valence-corrected chi connectivity index (χ3v) is 4.79. The molecule has 2 atom stereocenters. The van der Waals surface area contributed by atoms with Crippen molar-refractivity contribution in [1.82, 2.24) is 20.5 Å². The zero-order chi connectivity index (χ0) is 22.4. The van der Waals surface area contributed by atoms with Crippen molar-refractivity contribution in [2.75, 3.05) is 13.2 Å². The highest BCUT2D eigenvalue weighted by Crippen LogP contribution is 2.31. The number of hydrogen-bond donors (Lipinski definition) is 1. The number of amides is 1. The van der Waals surface area contributed by atoms with Crippen molar-refractivity contribution < 1.29 is 19.2 Å². The van der Waals surface area contributed by atoms with E-state index in [1.807, 2.05) is 53.1 Å². The van der Waals surface area contributed by atoms with Crippen LogP contribution < -0.4 is 5.48 Å². The van der Waals surface area contributed by atoms with Crippen molar-refractivity contribution in [3.05, 3.63) is 59.2 Å². The topological polar surface area (TPSA) is 85.8 Å². The average molecular weight is 429 g/mol. The van der Waals surface area contributed by atoms with Gasteiger partial charge in [0, 0.05) is 31.2 Å². The van der Waals surface area contributed by atoms with Gasteiger partial charge in [-0.25, -0.2) is 4.79 Å². The summed E-state index contributed by atoms with van der Waals surface area (Å²) in [6.07, 6.45) is 8.64. The minimum absolute atomic E-state index is 0.123. The molecule has 0 spiro atoms. The molecular formula is C23H32N4O4. The van der Waals surface area contributed by atoms with Gasteiger partial charge in [0.15, 0.2) is 0 Å². The highest BCUT2D eigenvalue weighted by Gasteiger charge is 2.35. The third kappa shape index (κ3) is 6.72. The number of carbonyl (C=O) groups is 1. The van der Waals surface area contributed by atoms with Gasteiger partial charge in [-0.05, 0) is 63.3 Å². The number of pyridine rings is 2. The van der Waals surface area contributed by atoms with Crippen molar-refractivity contribution in [2.24, 2.45) is 0 Å². The van der Waals surface area contributed by atoms with Crippen LogP contribution in [0.25, 0.3) is 0 Å². The van der Waals surface area contributed by atoms with E-state index in [9.17, 15) is 4.79 Å². The highest BCUT2D eigenvalue weighted by molar-refractivity contribution is 5.67. The molecule has 168 valence electrons. The summed E-state index contributed by atoms with van der Waals surface area (Å²) >= 11 is 0. The van der Waals surface area contributed by atoms with Crippen LogP contribution in [-0.2, 0) is 14.4 Å². The summed E-state index contributed by atoms with van der Waals surface area (Å²) < 4.78 is 5.35. The minimum Gasteiger partial charge on any atom is -0.442 e. The first-order chi connectivity index (χ1) is 14.7. The maximum Gasteiger partial charge on any atom is 0.435 e. The van der Waals surface area contributed by atoms with Gasteiger partial charge in [0.25, 0.3) is 0 Å². The summed E-state index contributed by atoms with van der Waals surface area (Å²) in [5, 5.41) is 1.32. The number of carbonyl (C=O) groups excluding carboxylic acids is 1. The summed E-state index contributed by atoms with van der Waals surface area (Å²) in [4.78, 5) is 30.9. The predicted molar refractivity (Wildman–Crippen MR) is 116 cm³/mol. The molecule has 2 aromatic rings. The molecule has 1 N–H and O–H groups in total. The summed E-state index contributed by atoms with van der Waals surface area (Å²) in [5.41, 5.74) is 6.88. The van der Waals surface area contributed by atoms with Crippen LogP contribution in [0.1, 0.15) is 68.0 Å². The zero-order valence-electron chi connectivity index (χ0n) is 18.9. The first-order valence-corrected chi connectivity index (χ1v) is 10.6. The molecular weight excluding hydrogens is 396 g/mol. The Morgan fingerprint density at radius 2 is 1.68 bits per heavy atom. The number of aromatic nitrogens is 2. The molecule has 2 aromatic heterocycles. The van der Waals surface area contributed by atoms with E-state index in [0.29, 0.717) is 12.6 Å². The largest absolute Gasteiger partial charge is 0.442 e. The number of nitrogens with one attached hydrogen (secondary N) is 1. The van der Waals surface area contributed by atoms with Crippen LogP contribution in [-0.4, -0.2) is 39.9 Å². The standard InChI is InChI=1S/C14H20N2O3.C9H12N2O/c1-10-7-11(9-15-8-10)12-5-6-18-16(12)13(17)19-14(2,3)4;1-7-4-8(6-10-5-7)9-2-3-12-11-9/h7-9,12H,5-6H2,1-4H3;4-6,9,11H,2-3H2,1H3/t12-;9-/m00/s1. The average Bonchev–Trinajstić information content (AvgIpc) is 3.39. The van der Waals surface area contributed by atoms with E-state index >= 15 is 0 Å². The lowest BCUT2D eigenvalue weighted by atomic mass is 10.1. The second kappa shape index (κ2) is 10.2. The lowest BCUT2D eigenvalue weighted by Gasteiger charge is -2.27. The molecule has 4 rings (SSSR count). The molecule has 0 unspecified atom stereocenters. The fourth-order valence-electron chi connectivity index (χ4n) is 3.42. The molecule has 0 saturated carbocycles. The van der Waals surface area contributed by atoms with Crippen LogP contribution in [0.15, 0.2) is 36.9 Å². The first kappa shape index (κ1) is 23.1. The summed E-state index contributed by atoms with van der Waals surface area (Å²) in [7, 11) is 0. The van der Waals surface area contributed by atoms with Gasteiger partial charge in [-0.2, -0.15) is 10.5 Å². The molecule has 2 saturated heterocycles. The van der Waals surface area contributed by atoms with Crippen LogP contribution in [0.4, 0.5) is 4.79 Å². The molecule has 1 amide bonds. The van der Waals surface area contributed by atoms with E-state index in [-0.39, 0.29) is 6.04 Å². The Morgan fingerprint density at radius 1 is 1.03 bits per heavy atom. The SMILES string of the molecule is Cc1cncc([C@@H]2CCON2)c1.Cc1cncc([C@@H]2CCON2C(=O)OC(C)(C)C)c1. The van der Waals surface area contributed by atoms with Crippen molar-refractivity contribution >= 4 is 6.09 Å². The molecule has 8 nitrogen and oxygen atoms in total. The van der Waals surface area contributed by atoms with E-state index in [1.165, 1.54) is 16.2 Å². The monoisotopic (exact) mass is 428 g/mol. The van der Waals surface area contributed by atoms with Crippen molar-refractivity contribution in [1.29, 1.82) is 0 Å². The molecule has 31 heavy (non-hydrogen) atoms. The van der Waals surface area contributed by atoms with Gasteiger partial charge in [-0.15, -0.1) is 0 Å². The number of nitrogens with zero attached hydrogens (tertiary/aromatic N) is 3. The minimum atomic E-state index is -0.529. The Bertz CT molecular complexity index is 878. The Hall–Kier alpha value is -2.55. The van der Waals surface area contributed by atoms with Gasteiger partial charge in [0.2, 0.25) is 0 Å². The maximum atomic E-state index is 12.1. The van der Waals surface area contributed by atoms with Crippen LogP contribution in [0, 0.1) is 13.8 Å². The Balaban J connectivity index is 0.000000194. The lowest BCUT2D eigenvalue weighted by Crippen LogP contribution is -2.35. The van der Waals surface area contributed by atoms with Gasteiger partial charge >= 0.3 is 6.09 Å². The number of aryl methyl sites for hydroxylation is 2. The third-order valence-electron chi connectivity index (χ3n) is 4.79. The molecule has 0 aliphatic carbocycles. The summed E-state index contributed by atoms with van der Waals surface area (Å²) in [6, 6.07) is 4.36. The first-order valence-electron chi connectivity index (χ1n) is 10.6. The van der Waals surface area contributed by atoms with E-state index in [4.69, 9.17) is 14.4 Å². The molecule has 4 heterocycles. The Labute approximate surface area is 183 Å². The van der Waals surface area contributed by atoms with Crippen molar-refractivity contribution in [3.8, 4) is 0 Å². The fourth-order valence-corrected chi connectivity index (χ4v) is 3.42. The Morgan fingerprint density at radius 3 is 2.26 bits per heavy atom. The summed E-state index contributed by atoms with van der Waals surface area (Å²) in [6.45, 7) is 10.8. The molecule has 0 bridgehead atoms. The molecule has 0 aromatic carbocycles. The van der Waals surface area contributed by atoms with Gasteiger partial charge < -0.3 is 9.57 Å². The van der Waals surface area contributed by atoms with Crippen molar-refractivity contribution in [2.45, 2.75) is 65.1 Å². The maximum absolute atomic E-state index is 12.1. The molecule has 2 aliphatic heterocycles. The van der Waals surface area contributed by atoms with Crippen LogP contribution in [0.3, 0.4) is 0 Å². The van der Waals surface area contributed by atoms with E-state index < -0.39 is 11.7 Å². The van der Waals surface area contributed by atoms with Crippen LogP contribution in [0.2, 0.25) is 0 Å². The molecule has 0 radical (unpaired) electrons. The van der Waals surface area contributed by atoms with Crippen LogP contribution in [0.5, 0.6) is 0 Å². The molecule has 2 fully saturated rings. The number of hydroxylamine groups is 3. The van der Waals surface area contributed by atoms with Gasteiger partial charge in [-0.1, -0.05) is 12.1 Å². The van der Waals surface area contributed by atoms with Gasteiger partial charge in [0.1, 0.15) is 5.60 Å². The number of ether oxygens (including phenoxy) is 1. The smallest absolute Gasteiger partial charge is 0.435 e. The number of hydrogen-bond acceptors (Lipinski definition) is 7. The van der Waals surface area contributed by atoms with Crippen molar-refractivity contribution in [3.63, 3.8) is 0 Å². The van der Waals surface area contributed by atoms with E-state index in [1.54, 1.807) is 12.4 Å². The van der Waals surface area contributed by atoms with E-state index in [0.717, 1.165) is 30.6 Å². The van der Waals surface area contributed by atoms with Gasteiger partial charge in [-0.3, -0.25) is 14.8 Å². The lowest BCUT2D eigenvalue weighted by molar-refractivity contribution is -0.125. The van der Waals surface area contributed by atoms with E-state index in [2.05, 4.69) is 21.5 Å². The second-order valence-electron chi connectivity index (χ2n) is 8.84. The second-order valence-corrected chi connectivity index (χ2v) is 8.84. The highest BCUT2D eigenvalue weighted by atomic mass is 16.7. The Kier molecular flexibility index (Phi) is 7.59.